The molecule has 0 spiro atoms. The minimum Gasteiger partial charge on any atom is -0.462 e. The monoisotopic (exact) mass is 431 g/mol. The topological polar surface area (TPSA) is 91.8 Å². The van der Waals surface area contributed by atoms with Crippen molar-refractivity contribution in [1.29, 1.82) is 0 Å². The van der Waals surface area contributed by atoms with E-state index in [0.29, 0.717) is 21.6 Å². The zero-order chi connectivity index (χ0) is 20.7. The first kappa shape index (κ1) is 19.4. The predicted molar refractivity (Wildman–Crippen MR) is 109 cm³/mol. The maximum absolute atomic E-state index is 12.9. The van der Waals surface area contributed by atoms with E-state index in [4.69, 9.17) is 42.8 Å². The molecular weight excluding hydrogens is 417 g/mol. The Hall–Kier alpha value is -2.96. The van der Waals surface area contributed by atoms with E-state index in [0.717, 1.165) is 0 Å². The SMILES string of the molecule is CCOC(=O)C1=C(N)Oc2c(c(=O)oc3ccccc23)[C@H]1c1ccc(Cl)c(Cl)c1. The maximum Gasteiger partial charge on any atom is 0.344 e. The number of carbonyl (C=O) groups excluding carboxylic acids is 1. The fourth-order valence-corrected chi connectivity index (χ4v) is 3.71. The minimum atomic E-state index is -0.895. The molecule has 0 fully saturated rings. The molecular formula is C21H15Cl2NO5. The fraction of sp³-hybridized carbons (Fsp3) is 0.143. The van der Waals surface area contributed by atoms with E-state index in [1.54, 1.807) is 49.4 Å². The third-order valence-corrected chi connectivity index (χ3v) is 5.37. The second kappa shape index (κ2) is 7.46. The van der Waals surface area contributed by atoms with Crippen molar-refractivity contribution in [2.24, 2.45) is 5.73 Å². The molecule has 1 atom stereocenters. The third-order valence-electron chi connectivity index (χ3n) is 4.63. The van der Waals surface area contributed by atoms with E-state index >= 15 is 0 Å². The molecule has 1 aliphatic rings. The summed E-state index contributed by atoms with van der Waals surface area (Å²) in [5.74, 6) is -1.51. The van der Waals surface area contributed by atoms with Crippen LogP contribution in [0.3, 0.4) is 0 Å². The molecule has 1 aromatic heterocycles. The van der Waals surface area contributed by atoms with Gasteiger partial charge in [0.05, 0.1) is 33.5 Å². The van der Waals surface area contributed by atoms with E-state index in [1.807, 2.05) is 0 Å². The van der Waals surface area contributed by atoms with Gasteiger partial charge in [0.1, 0.15) is 11.2 Å². The number of ether oxygens (including phenoxy) is 2. The second-order valence-corrected chi connectivity index (χ2v) is 7.15. The number of hydrogen-bond donors (Lipinski definition) is 1. The Kier molecular flexibility index (Phi) is 4.98. The summed E-state index contributed by atoms with van der Waals surface area (Å²) in [5.41, 5.74) is 6.49. The molecule has 148 valence electrons. The first-order valence-corrected chi connectivity index (χ1v) is 9.53. The lowest BCUT2D eigenvalue weighted by Gasteiger charge is -2.28. The van der Waals surface area contributed by atoms with Gasteiger partial charge in [0.15, 0.2) is 5.75 Å². The fourth-order valence-electron chi connectivity index (χ4n) is 3.40. The van der Waals surface area contributed by atoms with E-state index in [9.17, 15) is 9.59 Å². The number of esters is 1. The number of para-hydroxylation sites is 1. The quantitative estimate of drug-likeness (QED) is 0.489. The summed E-state index contributed by atoms with van der Waals surface area (Å²) in [5, 5.41) is 1.16. The van der Waals surface area contributed by atoms with Crippen LogP contribution in [0, 0.1) is 0 Å². The van der Waals surface area contributed by atoms with E-state index < -0.39 is 17.5 Å². The molecule has 6 nitrogen and oxygen atoms in total. The Morgan fingerprint density at radius 2 is 1.93 bits per heavy atom. The molecule has 0 amide bonds. The molecule has 2 aromatic carbocycles. The summed E-state index contributed by atoms with van der Waals surface area (Å²) in [6.07, 6.45) is 0. The van der Waals surface area contributed by atoms with Crippen LogP contribution in [-0.2, 0) is 9.53 Å². The molecule has 8 heteroatoms. The molecule has 2 N–H and O–H groups in total. The zero-order valence-corrected chi connectivity index (χ0v) is 16.7. The van der Waals surface area contributed by atoms with E-state index in [-0.39, 0.29) is 34.4 Å². The van der Waals surface area contributed by atoms with Crippen molar-refractivity contribution in [3.63, 3.8) is 0 Å². The van der Waals surface area contributed by atoms with Crippen LogP contribution in [0.25, 0.3) is 11.0 Å². The first-order chi connectivity index (χ1) is 13.9. The Bertz CT molecular complexity index is 1230. The van der Waals surface area contributed by atoms with Gasteiger partial charge in [-0.15, -0.1) is 0 Å². The summed E-state index contributed by atoms with van der Waals surface area (Å²) >= 11 is 12.2. The largest absolute Gasteiger partial charge is 0.462 e. The Morgan fingerprint density at radius 1 is 1.17 bits per heavy atom. The van der Waals surface area contributed by atoms with Crippen molar-refractivity contribution < 1.29 is 18.7 Å². The molecule has 3 aromatic rings. The smallest absolute Gasteiger partial charge is 0.344 e. The lowest BCUT2D eigenvalue weighted by atomic mass is 9.83. The number of halogens is 2. The van der Waals surface area contributed by atoms with Gasteiger partial charge in [-0.1, -0.05) is 41.4 Å². The van der Waals surface area contributed by atoms with Gasteiger partial charge in [-0.2, -0.15) is 0 Å². The van der Waals surface area contributed by atoms with Crippen LogP contribution >= 0.6 is 23.2 Å². The van der Waals surface area contributed by atoms with Crippen LogP contribution in [-0.4, -0.2) is 12.6 Å². The van der Waals surface area contributed by atoms with Crippen LogP contribution in [0.2, 0.25) is 10.0 Å². The van der Waals surface area contributed by atoms with Crippen molar-refractivity contribution in [2.75, 3.05) is 6.61 Å². The number of fused-ring (bicyclic) bond motifs is 3. The maximum atomic E-state index is 12.9. The molecule has 0 bridgehead atoms. The molecule has 4 rings (SSSR count). The average molecular weight is 432 g/mol. The highest BCUT2D eigenvalue weighted by molar-refractivity contribution is 6.42. The Balaban J connectivity index is 2.05. The molecule has 0 saturated heterocycles. The van der Waals surface area contributed by atoms with Gasteiger partial charge < -0.3 is 19.6 Å². The summed E-state index contributed by atoms with van der Waals surface area (Å²) in [4.78, 5) is 25.6. The number of nitrogens with two attached hydrogens (primary N) is 1. The van der Waals surface area contributed by atoms with Gasteiger partial charge in [-0.3, -0.25) is 0 Å². The van der Waals surface area contributed by atoms with E-state index in [1.165, 1.54) is 0 Å². The molecule has 29 heavy (non-hydrogen) atoms. The highest BCUT2D eigenvalue weighted by atomic mass is 35.5. The summed E-state index contributed by atoms with van der Waals surface area (Å²) < 4.78 is 16.4. The average Bonchev–Trinajstić information content (AvgIpc) is 2.69. The standard InChI is InChI=1S/C21H15Cl2NO5/c1-2-27-20(25)17-15(10-7-8-12(22)13(23)9-10)16-18(29-19(17)24)11-5-3-4-6-14(11)28-21(16)26/h3-9,15H,2,24H2,1H3/t15-/m1/s1. The van der Waals surface area contributed by atoms with Crippen LogP contribution in [0.1, 0.15) is 24.0 Å². The normalized spacial score (nSPS) is 15.8. The Morgan fingerprint density at radius 3 is 2.66 bits per heavy atom. The van der Waals surface area contributed by atoms with Gasteiger partial charge in [0.25, 0.3) is 0 Å². The van der Waals surface area contributed by atoms with Crippen LogP contribution in [0.4, 0.5) is 0 Å². The van der Waals surface area contributed by atoms with Crippen molar-refractivity contribution in [3.8, 4) is 5.75 Å². The van der Waals surface area contributed by atoms with Crippen LogP contribution in [0.15, 0.2) is 63.1 Å². The molecule has 0 aliphatic carbocycles. The van der Waals surface area contributed by atoms with Crippen molar-refractivity contribution in [3.05, 3.63) is 85.5 Å². The lowest BCUT2D eigenvalue weighted by Crippen LogP contribution is -2.31. The van der Waals surface area contributed by atoms with Crippen LogP contribution < -0.4 is 16.1 Å². The van der Waals surface area contributed by atoms with Crippen molar-refractivity contribution in [1.82, 2.24) is 0 Å². The number of rotatable bonds is 3. The molecule has 2 heterocycles. The number of carbonyl (C=O) groups is 1. The summed E-state index contributed by atoms with van der Waals surface area (Å²) in [6.45, 7) is 1.80. The molecule has 0 radical (unpaired) electrons. The highest BCUT2D eigenvalue weighted by Gasteiger charge is 2.39. The van der Waals surface area contributed by atoms with Gasteiger partial charge >= 0.3 is 11.6 Å². The van der Waals surface area contributed by atoms with Gasteiger partial charge in [-0.05, 0) is 36.8 Å². The summed E-state index contributed by atoms with van der Waals surface area (Å²) in [7, 11) is 0. The third kappa shape index (κ3) is 3.24. The molecule has 0 saturated carbocycles. The summed E-state index contributed by atoms with van der Waals surface area (Å²) in [6, 6.07) is 11.7. The van der Waals surface area contributed by atoms with Gasteiger partial charge in [0, 0.05) is 0 Å². The molecule has 0 unspecified atom stereocenters. The minimum absolute atomic E-state index is 0.000297. The van der Waals surface area contributed by atoms with Crippen molar-refractivity contribution >= 4 is 40.1 Å². The second-order valence-electron chi connectivity index (χ2n) is 6.34. The number of hydrogen-bond acceptors (Lipinski definition) is 6. The zero-order valence-electron chi connectivity index (χ0n) is 15.2. The van der Waals surface area contributed by atoms with Gasteiger partial charge in [0.2, 0.25) is 5.88 Å². The van der Waals surface area contributed by atoms with Gasteiger partial charge in [-0.25, -0.2) is 9.59 Å². The number of benzene rings is 2. The Labute approximate surface area is 175 Å². The lowest BCUT2D eigenvalue weighted by molar-refractivity contribution is -0.139. The van der Waals surface area contributed by atoms with E-state index in [2.05, 4.69) is 0 Å². The molecule has 1 aliphatic heterocycles. The highest BCUT2D eigenvalue weighted by Crippen LogP contribution is 2.44. The van der Waals surface area contributed by atoms with Crippen LogP contribution in [0.5, 0.6) is 5.75 Å². The van der Waals surface area contributed by atoms with Crippen molar-refractivity contribution in [2.45, 2.75) is 12.8 Å². The first-order valence-electron chi connectivity index (χ1n) is 8.77. The predicted octanol–water partition coefficient (Wildman–Crippen LogP) is 4.36.